The Labute approximate surface area is 188 Å². The highest BCUT2D eigenvalue weighted by molar-refractivity contribution is 5.91. The monoisotopic (exact) mass is 426 g/mol. The van der Waals surface area contributed by atoms with E-state index in [1.807, 2.05) is 6.21 Å². The molecule has 1 aromatic carbocycles. The highest BCUT2D eigenvalue weighted by atomic mass is 15.2. The predicted octanol–water partition coefficient (Wildman–Crippen LogP) is 4.52. The van der Waals surface area contributed by atoms with Crippen LogP contribution in [0, 0.1) is 11.8 Å². The Hall–Kier alpha value is -2.73. The standard InChI is InChI=1S/C26H30N6/c1-2-4-20(5-3-1)32-16-29-23-10-17(6-7-24(23)32)21-11-25(30-22-8-9-28-26(21)22)31-14-18-12-27-13-19(18)15-31/h6-7,9-11,16,18-20,27H,1-5,8,12-15H2. The molecule has 1 saturated carbocycles. The molecule has 0 amide bonds. The van der Waals surface area contributed by atoms with Gasteiger partial charge in [-0.15, -0.1) is 0 Å². The fourth-order valence-corrected chi connectivity index (χ4v) is 6.36. The molecule has 4 aliphatic rings. The second-order valence-electron chi connectivity index (χ2n) is 10.1. The Morgan fingerprint density at radius 2 is 1.81 bits per heavy atom. The minimum Gasteiger partial charge on any atom is -0.356 e. The highest BCUT2D eigenvalue weighted by Gasteiger charge is 2.37. The lowest BCUT2D eigenvalue weighted by Crippen LogP contribution is -2.26. The summed E-state index contributed by atoms with van der Waals surface area (Å²) in [6.45, 7) is 4.49. The summed E-state index contributed by atoms with van der Waals surface area (Å²) in [4.78, 5) is 17.1. The number of benzene rings is 1. The first-order valence-electron chi connectivity index (χ1n) is 12.3. The van der Waals surface area contributed by atoms with E-state index in [0.29, 0.717) is 6.04 Å². The van der Waals surface area contributed by atoms with E-state index in [4.69, 9.17) is 15.0 Å². The molecule has 3 fully saturated rings. The van der Waals surface area contributed by atoms with E-state index in [2.05, 4.69) is 45.4 Å². The van der Waals surface area contributed by atoms with Crippen molar-refractivity contribution in [3.05, 3.63) is 36.3 Å². The van der Waals surface area contributed by atoms with Crippen molar-refractivity contribution < 1.29 is 0 Å². The summed E-state index contributed by atoms with van der Waals surface area (Å²) in [7, 11) is 0. The summed E-state index contributed by atoms with van der Waals surface area (Å²) >= 11 is 0. The summed E-state index contributed by atoms with van der Waals surface area (Å²) in [5.74, 6) is 2.63. The predicted molar refractivity (Wildman–Crippen MR) is 129 cm³/mol. The summed E-state index contributed by atoms with van der Waals surface area (Å²) < 4.78 is 2.41. The van der Waals surface area contributed by atoms with Gasteiger partial charge >= 0.3 is 0 Å². The molecule has 3 aliphatic heterocycles. The second kappa shape index (κ2) is 7.41. The molecular formula is C26H30N6. The van der Waals surface area contributed by atoms with Crippen LogP contribution in [-0.2, 0) is 6.42 Å². The first-order valence-corrected chi connectivity index (χ1v) is 12.3. The topological polar surface area (TPSA) is 58.3 Å². The molecule has 1 aliphatic carbocycles. The molecule has 32 heavy (non-hydrogen) atoms. The van der Waals surface area contributed by atoms with Crippen LogP contribution in [0.4, 0.5) is 11.5 Å². The van der Waals surface area contributed by atoms with Gasteiger partial charge in [0.05, 0.1) is 28.7 Å². The van der Waals surface area contributed by atoms with E-state index < -0.39 is 0 Å². The number of hydrogen-bond donors (Lipinski definition) is 1. The quantitative estimate of drug-likeness (QED) is 0.669. The van der Waals surface area contributed by atoms with E-state index in [1.165, 1.54) is 48.7 Å². The average Bonchev–Trinajstić information content (AvgIpc) is 3.61. The van der Waals surface area contributed by atoms with Gasteiger partial charge in [0.25, 0.3) is 0 Å². The van der Waals surface area contributed by atoms with Crippen molar-refractivity contribution in [3.63, 3.8) is 0 Å². The summed E-state index contributed by atoms with van der Waals surface area (Å²) in [5.41, 5.74) is 6.90. The largest absolute Gasteiger partial charge is 0.356 e. The van der Waals surface area contributed by atoms with Crippen molar-refractivity contribution in [1.29, 1.82) is 0 Å². The third-order valence-corrected chi connectivity index (χ3v) is 8.12. The van der Waals surface area contributed by atoms with Crippen LogP contribution in [0.15, 0.2) is 35.6 Å². The molecule has 2 unspecified atom stereocenters. The van der Waals surface area contributed by atoms with Gasteiger partial charge < -0.3 is 14.8 Å². The normalized spacial score (nSPS) is 25.1. The van der Waals surface area contributed by atoms with E-state index >= 15 is 0 Å². The van der Waals surface area contributed by atoms with Gasteiger partial charge in [0.1, 0.15) is 5.82 Å². The third kappa shape index (κ3) is 2.99. The van der Waals surface area contributed by atoms with Crippen molar-refractivity contribution in [2.24, 2.45) is 16.8 Å². The number of fused-ring (bicyclic) bond motifs is 3. The molecular weight excluding hydrogens is 396 g/mol. The van der Waals surface area contributed by atoms with E-state index in [0.717, 1.165) is 67.2 Å². The van der Waals surface area contributed by atoms with E-state index in [9.17, 15) is 0 Å². The van der Waals surface area contributed by atoms with E-state index in [-0.39, 0.29) is 0 Å². The zero-order valence-electron chi connectivity index (χ0n) is 18.5. The molecule has 6 nitrogen and oxygen atoms in total. The number of rotatable bonds is 3. The zero-order valence-corrected chi connectivity index (χ0v) is 18.5. The molecule has 2 atom stereocenters. The number of aromatic nitrogens is 3. The number of pyridine rings is 1. The Morgan fingerprint density at radius 1 is 0.969 bits per heavy atom. The fraction of sp³-hybridized carbons (Fsp3) is 0.500. The smallest absolute Gasteiger partial charge is 0.129 e. The number of nitrogens with one attached hydrogen (secondary N) is 1. The number of nitrogens with zero attached hydrogens (tertiary/aromatic N) is 5. The molecule has 1 N–H and O–H groups in total. The molecule has 7 rings (SSSR count). The van der Waals surface area contributed by atoms with Gasteiger partial charge in [-0.25, -0.2) is 9.97 Å². The maximum atomic E-state index is 5.04. The average molecular weight is 427 g/mol. The number of aliphatic imine (C=N–C) groups is 1. The van der Waals surface area contributed by atoms with Crippen LogP contribution >= 0.6 is 0 Å². The van der Waals surface area contributed by atoms with Gasteiger partial charge in [0.2, 0.25) is 0 Å². The van der Waals surface area contributed by atoms with Gasteiger partial charge in [-0.3, -0.25) is 4.99 Å². The molecule has 0 spiro atoms. The van der Waals surface area contributed by atoms with Crippen LogP contribution in [0.5, 0.6) is 0 Å². The van der Waals surface area contributed by atoms with Crippen LogP contribution in [0.2, 0.25) is 0 Å². The lowest BCUT2D eigenvalue weighted by Gasteiger charge is -2.23. The van der Waals surface area contributed by atoms with Crippen LogP contribution in [-0.4, -0.2) is 46.9 Å². The molecule has 2 saturated heterocycles. The lowest BCUT2D eigenvalue weighted by atomic mass is 9.95. The SMILES string of the molecule is C1=Nc2c(-c3ccc4c(c3)ncn4C3CCCCC3)cc(N3CC4CNCC4C3)nc2C1. The third-order valence-electron chi connectivity index (χ3n) is 8.12. The minimum atomic E-state index is 0.602. The molecule has 6 heteroatoms. The Kier molecular flexibility index (Phi) is 4.35. The second-order valence-corrected chi connectivity index (χ2v) is 10.1. The van der Waals surface area contributed by atoms with Crippen molar-refractivity contribution in [2.45, 2.75) is 44.6 Å². The van der Waals surface area contributed by atoms with Crippen molar-refractivity contribution in [2.75, 3.05) is 31.1 Å². The van der Waals surface area contributed by atoms with Gasteiger partial charge in [0, 0.05) is 50.4 Å². The fourth-order valence-electron chi connectivity index (χ4n) is 6.36. The van der Waals surface area contributed by atoms with Crippen LogP contribution < -0.4 is 10.2 Å². The first kappa shape index (κ1) is 18.8. The lowest BCUT2D eigenvalue weighted by molar-refractivity contribution is 0.359. The van der Waals surface area contributed by atoms with Gasteiger partial charge in [-0.05, 0) is 48.4 Å². The highest BCUT2D eigenvalue weighted by Crippen LogP contribution is 2.41. The Morgan fingerprint density at radius 3 is 2.66 bits per heavy atom. The van der Waals surface area contributed by atoms with Crippen LogP contribution in [0.1, 0.15) is 43.8 Å². The molecule has 0 radical (unpaired) electrons. The first-order chi connectivity index (χ1) is 15.8. The number of anilines is 1. The van der Waals surface area contributed by atoms with Gasteiger partial charge in [-0.1, -0.05) is 25.3 Å². The van der Waals surface area contributed by atoms with Crippen molar-refractivity contribution in [1.82, 2.24) is 19.9 Å². The maximum Gasteiger partial charge on any atom is 0.129 e. The minimum absolute atomic E-state index is 0.602. The number of imidazole rings is 1. The molecule has 164 valence electrons. The molecule has 3 aromatic rings. The molecule has 2 aromatic heterocycles. The van der Waals surface area contributed by atoms with Crippen LogP contribution in [0.25, 0.3) is 22.2 Å². The molecule has 5 heterocycles. The molecule has 0 bridgehead atoms. The van der Waals surface area contributed by atoms with Crippen molar-refractivity contribution >= 4 is 28.8 Å². The van der Waals surface area contributed by atoms with Crippen LogP contribution in [0.3, 0.4) is 0 Å². The Balaban J connectivity index is 1.27. The summed E-state index contributed by atoms with van der Waals surface area (Å²) in [5, 5.41) is 3.54. The summed E-state index contributed by atoms with van der Waals surface area (Å²) in [6.07, 6.45) is 11.5. The number of hydrogen-bond acceptors (Lipinski definition) is 5. The zero-order chi connectivity index (χ0) is 21.1. The van der Waals surface area contributed by atoms with Gasteiger partial charge in [-0.2, -0.15) is 0 Å². The van der Waals surface area contributed by atoms with E-state index in [1.54, 1.807) is 0 Å². The maximum absolute atomic E-state index is 5.04. The van der Waals surface area contributed by atoms with Crippen molar-refractivity contribution in [3.8, 4) is 11.1 Å². The summed E-state index contributed by atoms with van der Waals surface area (Å²) in [6, 6.07) is 9.66. The Bertz CT molecular complexity index is 1190. The van der Waals surface area contributed by atoms with Gasteiger partial charge in [0.15, 0.2) is 0 Å².